The molecule has 1 fully saturated rings. The fourth-order valence-electron chi connectivity index (χ4n) is 3.14. The molecular formula is C23H40ClN3O7S. The molecule has 0 N–H and O–H groups in total. The van der Waals surface area contributed by atoms with Crippen molar-refractivity contribution < 1.29 is 36.5 Å². The van der Waals surface area contributed by atoms with Gasteiger partial charge in [-0.05, 0) is 32.9 Å². The molecule has 1 aromatic rings. The fourth-order valence-corrected chi connectivity index (χ4v) is 3.77. The number of hydrogen-bond acceptors (Lipinski definition) is 7. The molecule has 202 valence electrons. The highest BCUT2D eigenvalue weighted by Crippen LogP contribution is 2.27. The number of ether oxygens (including phenoxy) is 3. The Hall–Kier alpha value is -1.47. The number of likely N-dealkylation sites (N-methyl/N-ethyl adjacent to an activating group) is 1. The van der Waals surface area contributed by atoms with E-state index in [1.807, 2.05) is 25.7 Å². The smallest absolute Gasteiger partial charge is 0.335 e. The summed E-state index contributed by atoms with van der Waals surface area (Å²) in [4.78, 5) is 13.7. The van der Waals surface area contributed by atoms with Crippen LogP contribution in [0.5, 0.6) is 0 Å². The molecule has 0 spiro atoms. The first-order valence-electron chi connectivity index (χ1n) is 11.4. The number of carbonyl (C=O) groups is 1. The molecular weight excluding hydrogens is 498 g/mol. The van der Waals surface area contributed by atoms with E-state index in [9.17, 15) is 17.8 Å². The third-order valence-electron chi connectivity index (χ3n) is 5.48. The molecule has 0 aliphatic carbocycles. The Balaban J connectivity index is 0.000000462. The van der Waals surface area contributed by atoms with Crippen LogP contribution in [0.25, 0.3) is 0 Å². The molecule has 10 nitrogen and oxygen atoms in total. The molecule has 1 aliphatic rings. The van der Waals surface area contributed by atoms with Crippen molar-refractivity contribution in [3.05, 3.63) is 29.8 Å². The lowest BCUT2D eigenvalue weighted by molar-refractivity contribution is -0.890. The van der Waals surface area contributed by atoms with E-state index in [0.29, 0.717) is 46.1 Å². The van der Waals surface area contributed by atoms with Gasteiger partial charge in [0.25, 0.3) is 0 Å². The summed E-state index contributed by atoms with van der Waals surface area (Å²) < 4.78 is 49.1. The number of amides is 2. The van der Waals surface area contributed by atoms with E-state index < -0.39 is 10.1 Å². The lowest BCUT2D eigenvalue weighted by atomic mass is 10.1. The van der Waals surface area contributed by atoms with Crippen LogP contribution in [0.4, 0.5) is 4.79 Å². The average Bonchev–Trinajstić information content (AvgIpc) is 2.97. The van der Waals surface area contributed by atoms with Crippen molar-refractivity contribution in [2.75, 3.05) is 80.4 Å². The van der Waals surface area contributed by atoms with Gasteiger partial charge in [0.05, 0.1) is 70.7 Å². The van der Waals surface area contributed by atoms with Crippen LogP contribution in [0.1, 0.15) is 19.4 Å². The zero-order chi connectivity index (χ0) is 26.7. The van der Waals surface area contributed by atoms with Gasteiger partial charge in [0.2, 0.25) is 0 Å². The van der Waals surface area contributed by atoms with Gasteiger partial charge < -0.3 is 28.1 Å². The minimum atomic E-state index is -4.27. The number of urea groups is 1. The molecule has 0 aromatic heterocycles. The highest BCUT2D eigenvalue weighted by Gasteiger charge is 2.42. The molecule has 2 amide bonds. The van der Waals surface area contributed by atoms with Crippen LogP contribution >= 0.6 is 11.8 Å². The van der Waals surface area contributed by atoms with E-state index in [4.69, 9.17) is 26.0 Å². The van der Waals surface area contributed by atoms with Crippen molar-refractivity contribution in [2.45, 2.75) is 31.2 Å². The van der Waals surface area contributed by atoms with Crippen molar-refractivity contribution in [3.8, 4) is 0 Å². The minimum absolute atomic E-state index is 0.105. The normalized spacial score (nSPS) is 15.8. The number of aryl methyl sites for hydroxylation is 1. The standard InChI is InChI=1S/C16H33ClN3O4.C7H8O3S/c1-16(2)14-18(15(21)19(16)17)6-7-20(3,4)8-9-23-12-13-24-11-10-22-5;1-6-2-4-7(5-3-6)11(8,9)10/h6-14H2,1-5H3;2-5H,1H3,(H,8,9,10)/q+1;/p-1. The van der Waals surface area contributed by atoms with Crippen molar-refractivity contribution in [1.82, 2.24) is 9.32 Å². The van der Waals surface area contributed by atoms with Crippen LogP contribution in [0, 0.1) is 6.92 Å². The van der Waals surface area contributed by atoms with Gasteiger partial charge in [-0.3, -0.25) is 0 Å². The Labute approximate surface area is 215 Å². The summed E-state index contributed by atoms with van der Waals surface area (Å²) in [5.74, 6) is 0. The van der Waals surface area contributed by atoms with E-state index >= 15 is 0 Å². The van der Waals surface area contributed by atoms with Crippen molar-refractivity contribution >= 4 is 27.9 Å². The summed E-state index contributed by atoms with van der Waals surface area (Å²) >= 11 is 6.06. The van der Waals surface area contributed by atoms with E-state index in [1.165, 1.54) is 16.6 Å². The van der Waals surface area contributed by atoms with Gasteiger partial charge in [0, 0.05) is 25.4 Å². The summed E-state index contributed by atoms with van der Waals surface area (Å²) in [6, 6.07) is 5.68. The van der Waals surface area contributed by atoms with E-state index in [0.717, 1.165) is 23.1 Å². The molecule has 2 rings (SSSR count). The average molecular weight is 538 g/mol. The summed E-state index contributed by atoms with van der Waals surface area (Å²) in [6.07, 6.45) is 0. The largest absolute Gasteiger partial charge is 0.744 e. The first-order valence-corrected chi connectivity index (χ1v) is 13.2. The van der Waals surface area contributed by atoms with Crippen LogP contribution in [0.15, 0.2) is 29.2 Å². The Bertz CT molecular complexity index is 880. The monoisotopic (exact) mass is 537 g/mol. The molecule has 1 saturated heterocycles. The molecule has 35 heavy (non-hydrogen) atoms. The van der Waals surface area contributed by atoms with Crippen molar-refractivity contribution in [3.63, 3.8) is 0 Å². The van der Waals surface area contributed by atoms with Crippen LogP contribution < -0.4 is 0 Å². The van der Waals surface area contributed by atoms with Crippen LogP contribution in [0.2, 0.25) is 0 Å². The van der Waals surface area contributed by atoms with Gasteiger partial charge in [-0.2, -0.15) is 0 Å². The molecule has 0 atom stereocenters. The second kappa shape index (κ2) is 14.3. The first kappa shape index (κ1) is 31.6. The van der Waals surface area contributed by atoms with Crippen LogP contribution in [-0.2, 0) is 24.3 Å². The highest BCUT2D eigenvalue weighted by atomic mass is 35.5. The second-order valence-corrected chi connectivity index (χ2v) is 11.4. The number of nitrogens with zero attached hydrogens (tertiary/aromatic N) is 3. The van der Waals surface area contributed by atoms with Gasteiger partial charge in [-0.15, -0.1) is 0 Å². The number of benzene rings is 1. The summed E-state index contributed by atoms with van der Waals surface area (Å²) in [6.45, 7) is 11.9. The Morgan fingerprint density at radius 1 is 1.03 bits per heavy atom. The number of carbonyl (C=O) groups excluding carboxylic acids is 1. The third kappa shape index (κ3) is 11.9. The van der Waals surface area contributed by atoms with E-state index in [2.05, 4.69) is 14.1 Å². The maximum Gasteiger partial charge on any atom is 0.335 e. The van der Waals surface area contributed by atoms with Crippen LogP contribution in [-0.4, -0.2) is 119 Å². The zero-order valence-electron chi connectivity index (χ0n) is 21.7. The summed E-state index contributed by atoms with van der Waals surface area (Å²) in [7, 11) is 1.67. The molecule has 0 unspecified atom stereocenters. The molecule has 0 radical (unpaired) electrons. The second-order valence-electron chi connectivity index (χ2n) is 9.67. The lowest BCUT2D eigenvalue weighted by Gasteiger charge is -2.31. The fraction of sp³-hybridized carbons (Fsp3) is 0.696. The van der Waals surface area contributed by atoms with Gasteiger partial charge >= 0.3 is 6.03 Å². The predicted octanol–water partition coefficient (Wildman–Crippen LogP) is 2.31. The van der Waals surface area contributed by atoms with Gasteiger partial charge in [-0.25, -0.2) is 17.6 Å². The number of methoxy groups -OCH3 is 1. The Morgan fingerprint density at radius 3 is 2.06 bits per heavy atom. The number of hydrogen-bond donors (Lipinski definition) is 0. The number of rotatable bonds is 13. The van der Waals surface area contributed by atoms with Crippen LogP contribution in [0.3, 0.4) is 0 Å². The van der Waals surface area contributed by atoms with Crippen molar-refractivity contribution in [1.29, 1.82) is 0 Å². The molecule has 0 saturated carbocycles. The third-order valence-corrected chi connectivity index (χ3v) is 6.93. The summed E-state index contributed by atoms with van der Waals surface area (Å²) in [5, 5.41) is 0. The molecule has 12 heteroatoms. The van der Waals surface area contributed by atoms with E-state index in [1.54, 1.807) is 19.2 Å². The number of quaternary nitrogens is 1. The first-order chi connectivity index (χ1) is 16.2. The Morgan fingerprint density at radius 2 is 1.57 bits per heavy atom. The topological polar surface area (TPSA) is 108 Å². The zero-order valence-corrected chi connectivity index (χ0v) is 23.2. The highest BCUT2D eigenvalue weighted by molar-refractivity contribution is 7.85. The predicted molar refractivity (Wildman–Crippen MR) is 133 cm³/mol. The van der Waals surface area contributed by atoms with E-state index in [-0.39, 0.29) is 16.5 Å². The molecule has 1 aliphatic heterocycles. The van der Waals surface area contributed by atoms with Gasteiger partial charge in [-0.1, -0.05) is 17.7 Å². The maximum atomic E-state index is 12.1. The summed E-state index contributed by atoms with van der Waals surface area (Å²) in [5.41, 5.74) is 0.610. The van der Waals surface area contributed by atoms with Gasteiger partial charge in [0.15, 0.2) is 0 Å². The molecule has 1 aromatic carbocycles. The quantitative estimate of drug-likeness (QED) is 0.164. The number of halogens is 1. The molecule has 1 heterocycles. The minimum Gasteiger partial charge on any atom is -0.744 e. The van der Waals surface area contributed by atoms with Crippen molar-refractivity contribution in [2.24, 2.45) is 0 Å². The SMILES string of the molecule is COCCOCCOCC[N+](C)(C)CCN1CC(C)(C)N(Cl)C1=O.Cc1ccc(S(=O)(=O)[O-])cc1. The Kier molecular flexibility index (Phi) is 12.9. The van der Waals surface area contributed by atoms with Gasteiger partial charge in [0.1, 0.15) is 16.7 Å². The molecule has 0 bridgehead atoms. The lowest BCUT2D eigenvalue weighted by Crippen LogP contribution is -2.47. The maximum absolute atomic E-state index is 12.1.